The Bertz CT molecular complexity index is 1460. The zero-order valence-corrected chi connectivity index (χ0v) is 19.8. The van der Waals surface area contributed by atoms with Gasteiger partial charge in [0.15, 0.2) is 5.65 Å². The molecule has 170 valence electrons. The average Bonchev–Trinajstić information content (AvgIpc) is 3.17. The monoisotopic (exact) mass is 483 g/mol. The number of aryl methyl sites for hydroxylation is 1. The predicted octanol–water partition coefficient (Wildman–Crippen LogP) is 5.03. The molecule has 2 heterocycles. The van der Waals surface area contributed by atoms with E-state index in [9.17, 15) is 13.2 Å². The van der Waals surface area contributed by atoms with Crippen LogP contribution in [0.25, 0.3) is 11.0 Å². The Morgan fingerprint density at radius 2 is 1.85 bits per heavy atom. The number of amides is 1. The van der Waals surface area contributed by atoms with Gasteiger partial charge in [0, 0.05) is 17.1 Å². The number of hydrogen-bond donors (Lipinski definition) is 2. The number of nitrogens with zero attached hydrogens (tertiary/aromatic N) is 3. The number of carbonyl (C=O) groups excluding carboxylic acids is 1. The number of fused-ring (bicyclic) bond motifs is 1. The van der Waals surface area contributed by atoms with Gasteiger partial charge in [-0.3, -0.25) is 9.52 Å². The molecule has 0 atom stereocenters. The van der Waals surface area contributed by atoms with Crippen molar-refractivity contribution in [1.82, 2.24) is 14.8 Å². The fourth-order valence-electron chi connectivity index (χ4n) is 3.35. The van der Waals surface area contributed by atoms with Crippen LogP contribution >= 0.6 is 11.6 Å². The number of sulfonamides is 1. The molecule has 4 aromatic rings. The molecule has 0 fully saturated rings. The molecule has 2 aromatic carbocycles. The van der Waals surface area contributed by atoms with E-state index in [-0.39, 0.29) is 21.5 Å². The van der Waals surface area contributed by atoms with Crippen LogP contribution in [0.5, 0.6) is 0 Å². The molecule has 1 amide bonds. The van der Waals surface area contributed by atoms with Gasteiger partial charge in [-0.15, -0.1) is 0 Å². The lowest BCUT2D eigenvalue weighted by Crippen LogP contribution is -2.16. The van der Waals surface area contributed by atoms with Gasteiger partial charge in [0.2, 0.25) is 0 Å². The lowest BCUT2D eigenvalue weighted by Gasteiger charge is -2.12. The molecule has 2 aromatic heterocycles. The minimum atomic E-state index is -3.92. The summed E-state index contributed by atoms with van der Waals surface area (Å²) >= 11 is 6.22. The van der Waals surface area contributed by atoms with Crippen LogP contribution in [0.1, 0.15) is 35.8 Å². The first-order valence-corrected chi connectivity index (χ1v) is 12.0. The summed E-state index contributed by atoms with van der Waals surface area (Å²) in [6.07, 6.45) is 3.20. The summed E-state index contributed by atoms with van der Waals surface area (Å²) in [4.78, 5) is 17.2. The molecular weight excluding hydrogens is 462 g/mol. The van der Waals surface area contributed by atoms with Crippen molar-refractivity contribution in [2.75, 3.05) is 10.0 Å². The molecule has 8 nitrogen and oxygen atoms in total. The van der Waals surface area contributed by atoms with E-state index in [0.717, 1.165) is 10.9 Å². The van der Waals surface area contributed by atoms with Crippen molar-refractivity contribution in [3.05, 3.63) is 77.1 Å². The lowest BCUT2D eigenvalue weighted by molar-refractivity contribution is 0.102. The van der Waals surface area contributed by atoms with E-state index >= 15 is 0 Å². The SMILES string of the molecule is Cc1cccc(NS(=O)(=O)c2ccc(Cl)c(C(=O)Nc3cnc4c(cnn4C(C)C)c3)c2)c1. The highest BCUT2D eigenvalue weighted by Gasteiger charge is 2.20. The minimum Gasteiger partial charge on any atom is -0.321 e. The molecule has 0 radical (unpaired) electrons. The van der Waals surface area contributed by atoms with Crippen LogP contribution in [0.3, 0.4) is 0 Å². The number of pyridine rings is 1. The topological polar surface area (TPSA) is 106 Å². The maximum absolute atomic E-state index is 12.9. The van der Waals surface area contributed by atoms with Gasteiger partial charge in [0.1, 0.15) is 0 Å². The summed E-state index contributed by atoms with van der Waals surface area (Å²) in [5.74, 6) is -0.551. The number of aromatic nitrogens is 3. The summed E-state index contributed by atoms with van der Waals surface area (Å²) in [6.45, 7) is 5.86. The normalized spacial score (nSPS) is 11.7. The largest absolute Gasteiger partial charge is 0.321 e. The Kier molecular flexibility index (Phi) is 6.09. The second kappa shape index (κ2) is 8.84. The summed E-state index contributed by atoms with van der Waals surface area (Å²) in [7, 11) is -3.92. The van der Waals surface area contributed by atoms with Crippen LogP contribution in [-0.4, -0.2) is 29.1 Å². The van der Waals surface area contributed by atoms with Gasteiger partial charge in [0.25, 0.3) is 15.9 Å². The molecule has 0 aliphatic heterocycles. The quantitative estimate of drug-likeness (QED) is 0.400. The van der Waals surface area contributed by atoms with Gasteiger partial charge in [-0.05, 0) is 62.7 Å². The van der Waals surface area contributed by atoms with Crippen LogP contribution in [0.2, 0.25) is 5.02 Å². The van der Waals surface area contributed by atoms with Crippen LogP contribution < -0.4 is 10.0 Å². The molecule has 0 saturated heterocycles. The Balaban J connectivity index is 1.59. The van der Waals surface area contributed by atoms with Gasteiger partial charge in [-0.25, -0.2) is 18.1 Å². The van der Waals surface area contributed by atoms with E-state index in [1.165, 1.54) is 24.4 Å². The lowest BCUT2D eigenvalue weighted by atomic mass is 10.2. The van der Waals surface area contributed by atoms with Crippen LogP contribution in [0, 0.1) is 6.92 Å². The summed E-state index contributed by atoms with van der Waals surface area (Å²) in [5, 5.41) is 7.94. The zero-order chi connectivity index (χ0) is 23.8. The highest BCUT2D eigenvalue weighted by Crippen LogP contribution is 2.25. The summed E-state index contributed by atoms with van der Waals surface area (Å²) in [5.41, 5.74) is 2.52. The summed E-state index contributed by atoms with van der Waals surface area (Å²) < 4.78 is 30.0. The predicted molar refractivity (Wildman–Crippen MR) is 129 cm³/mol. The maximum Gasteiger partial charge on any atom is 0.261 e. The molecule has 4 rings (SSSR count). The number of benzene rings is 2. The van der Waals surface area contributed by atoms with Crippen molar-refractivity contribution >= 4 is 49.9 Å². The van der Waals surface area contributed by atoms with Crippen LogP contribution in [0.15, 0.2) is 65.8 Å². The number of halogens is 1. The third-order valence-corrected chi connectivity index (χ3v) is 6.65. The van der Waals surface area contributed by atoms with E-state index in [1.807, 2.05) is 26.8 Å². The van der Waals surface area contributed by atoms with Gasteiger partial charge in [0.05, 0.1) is 33.6 Å². The van der Waals surface area contributed by atoms with Crippen LogP contribution in [-0.2, 0) is 10.0 Å². The van der Waals surface area contributed by atoms with E-state index < -0.39 is 15.9 Å². The third-order valence-electron chi connectivity index (χ3n) is 4.94. The first-order chi connectivity index (χ1) is 15.6. The molecule has 2 N–H and O–H groups in total. The fraction of sp³-hybridized carbons (Fsp3) is 0.174. The van der Waals surface area contributed by atoms with Gasteiger partial charge >= 0.3 is 0 Å². The zero-order valence-electron chi connectivity index (χ0n) is 18.2. The number of carbonyl (C=O) groups is 1. The first kappa shape index (κ1) is 22.8. The molecule has 0 spiro atoms. The van der Waals surface area contributed by atoms with E-state index in [1.54, 1.807) is 35.1 Å². The Morgan fingerprint density at radius 3 is 2.58 bits per heavy atom. The highest BCUT2D eigenvalue weighted by molar-refractivity contribution is 7.92. The third kappa shape index (κ3) is 4.84. The smallest absolute Gasteiger partial charge is 0.261 e. The van der Waals surface area contributed by atoms with E-state index in [0.29, 0.717) is 17.0 Å². The first-order valence-electron chi connectivity index (χ1n) is 10.2. The second-order valence-electron chi connectivity index (χ2n) is 7.89. The van der Waals surface area contributed by atoms with Crippen molar-refractivity contribution in [2.45, 2.75) is 31.7 Å². The van der Waals surface area contributed by atoms with Gasteiger partial charge < -0.3 is 5.32 Å². The number of hydrogen-bond acceptors (Lipinski definition) is 5. The Hall–Kier alpha value is -3.43. The van der Waals surface area contributed by atoms with E-state index in [2.05, 4.69) is 20.1 Å². The van der Waals surface area contributed by atoms with Gasteiger partial charge in [-0.2, -0.15) is 5.10 Å². The fourth-order valence-corrected chi connectivity index (χ4v) is 4.63. The number of anilines is 2. The van der Waals surface area contributed by atoms with Gasteiger partial charge in [-0.1, -0.05) is 23.7 Å². The standard InChI is InChI=1S/C23H22ClN5O3S/c1-14(2)29-22-16(12-26-29)10-18(13-25-22)27-23(30)20-11-19(7-8-21(20)24)33(31,32)28-17-6-4-5-15(3)9-17/h4-14,28H,1-3H3,(H,27,30). The highest BCUT2D eigenvalue weighted by atomic mass is 35.5. The molecule has 0 saturated carbocycles. The molecule has 0 unspecified atom stereocenters. The van der Waals surface area contributed by atoms with E-state index in [4.69, 9.17) is 11.6 Å². The average molecular weight is 484 g/mol. The molecule has 0 aliphatic rings. The van der Waals surface area contributed by atoms with Crippen molar-refractivity contribution in [2.24, 2.45) is 0 Å². The molecule has 33 heavy (non-hydrogen) atoms. The number of nitrogens with one attached hydrogen (secondary N) is 2. The Labute approximate surface area is 196 Å². The molecular formula is C23H22ClN5O3S. The van der Waals surface area contributed by atoms with Crippen LogP contribution in [0.4, 0.5) is 11.4 Å². The molecule has 10 heteroatoms. The summed E-state index contributed by atoms with van der Waals surface area (Å²) in [6, 6.07) is 12.9. The minimum absolute atomic E-state index is 0.0294. The van der Waals surface area contributed by atoms with Crippen molar-refractivity contribution < 1.29 is 13.2 Å². The number of rotatable bonds is 6. The molecule has 0 bridgehead atoms. The van der Waals surface area contributed by atoms with Crippen molar-refractivity contribution in [3.63, 3.8) is 0 Å². The van der Waals surface area contributed by atoms with Crippen molar-refractivity contribution in [1.29, 1.82) is 0 Å². The van der Waals surface area contributed by atoms with Crippen molar-refractivity contribution in [3.8, 4) is 0 Å². The molecule has 0 aliphatic carbocycles. The maximum atomic E-state index is 12.9. The second-order valence-corrected chi connectivity index (χ2v) is 9.98. The Morgan fingerprint density at radius 1 is 1.06 bits per heavy atom.